The van der Waals surface area contributed by atoms with Gasteiger partial charge in [-0.1, -0.05) is 48.5 Å². The molecule has 0 bridgehead atoms. The van der Waals surface area contributed by atoms with Crippen LogP contribution < -0.4 is 4.90 Å². The highest BCUT2D eigenvalue weighted by atomic mass is 16.5. The summed E-state index contributed by atoms with van der Waals surface area (Å²) < 4.78 is 5.43. The van der Waals surface area contributed by atoms with Gasteiger partial charge in [-0.05, 0) is 61.3 Å². The second kappa shape index (κ2) is 9.54. The molecule has 28 heavy (non-hydrogen) atoms. The zero-order valence-corrected chi connectivity index (χ0v) is 16.3. The van der Waals surface area contributed by atoms with Crippen LogP contribution in [0.2, 0.25) is 0 Å². The van der Waals surface area contributed by atoms with Gasteiger partial charge in [-0.3, -0.25) is 4.90 Å². The first kappa shape index (κ1) is 18.7. The molecule has 1 saturated heterocycles. The highest BCUT2D eigenvalue weighted by Gasteiger charge is 2.12. The van der Waals surface area contributed by atoms with E-state index in [9.17, 15) is 0 Å². The van der Waals surface area contributed by atoms with E-state index >= 15 is 0 Å². The summed E-state index contributed by atoms with van der Waals surface area (Å²) in [5.41, 5.74) is 4.94. The van der Waals surface area contributed by atoms with Gasteiger partial charge in [-0.15, -0.1) is 0 Å². The van der Waals surface area contributed by atoms with Crippen molar-refractivity contribution in [1.82, 2.24) is 4.90 Å². The first-order chi connectivity index (χ1) is 13.9. The Morgan fingerprint density at radius 2 is 1.21 bits per heavy atom. The zero-order valence-electron chi connectivity index (χ0n) is 16.3. The van der Waals surface area contributed by atoms with Crippen molar-refractivity contribution in [3.63, 3.8) is 0 Å². The first-order valence-electron chi connectivity index (χ1n) is 10.2. The highest BCUT2D eigenvalue weighted by molar-refractivity contribution is 5.76. The van der Waals surface area contributed by atoms with Crippen molar-refractivity contribution in [2.45, 2.75) is 12.8 Å². The van der Waals surface area contributed by atoms with Crippen molar-refractivity contribution in [2.75, 3.05) is 37.7 Å². The molecule has 1 heterocycles. The van der Waals surface area contributed by atoms with Crippen LogP contribution in [-0.4, -0.2) is 37.7 Å². The van der Waals surface area contributed by atoms with E-state index in [4.69, 9.17) is 4.74 Å². The number of rotatable bonds is 7. The number of para-hydroxylation sites is 2. The van der Waals surface area contributed by atoms with Crippen LogP contribution in [0.5, 0.6) is 0 Å². The van der Waals surface area contributed by atoms with Crippen molar-refractivity contribution in [3.05, 3.63) is 90.5 Å². The largest absolute Gasteiger partial charge is 0.379 e. The molecule has 0 saturated carbocycles. The SMILES string of the molecule is c1ccc(N(c2ccccc2)c2ccc(CCCN3CCOCC3)cc2)cc1. The normalized spacial score (nSPS) is 14.7. The third-order valence-corrected chi connectivity index (χ3v) is 5.27. The number of benzene rings is 3. The Bertz CT molecular complexity index is 788. The molecule has 0 radical (unpaired) electrons. The Balaban J connectivity index is 1.45. The predicted octanol–water partition coefficient (Wildman–Crippen LogP) is 5.42. The van der Waals surface area contributed by atoms with Gasteiger partial charge in [0.05, 0.1) is 13.2 Å². The topological polar surface area (TPSA) is 15.7 Å². The molecule has 3 nitrogen and oxygen atoms in total. The second-order valence-corrected chi connectivity index (χ2v) is 7.23. The van der Waals surface area contributed by atoms with Crippen LogP contribution in [0.1, 0.15) is 12.0 Å². The Morgan fingerprint density at radius 3 is 1.79 bits per heavy atom. The van der Waals surface area contributed by atoms with Crippen LogP contribution in [-0.2, 0) is 11.2 Å². The van der Waals surface area contributed by atoms with Crippen LogP contribution in [0.4, 0.5) is 17.1 Å². The van der Waals surface area contributed by atoms with Crippen LogP contribution >= 0.6 is 0 Å². The van der Waals surface area contributed by atoms with Crippen LogP contribution in [0, 0.1) is 0 Å². The number of hydrogen-bond acceptors (Lipinski definition) is 3. The lowest BCUT2D eigenvalue weighted by molar-refractivity contribution is 0.0375. The molecule has 0 amide bonds. The van der Waals surface area contributed by atoms with Crippen molar-refractivity contribution in [3.8, 4) is 0 Å². The lowest BCUT2D eigenvalue weighted by atomic mass is 10.1. The Hall–Kier alpha value is -2.62. The Kier molecular flexibility index (Phi) is 6.38. The number of aryl methyl sites for hydroxylation is 1. The first-order valence-corrected chi connectivity index (χ1v) is 10.2. The van der Waals surface area contributed by atoms with Crippen LogP contribution in [0.3, 0.4) is 0 Å². The molecule has 0 unspecified atom stereocenters. The number of morpholine rings is 1. The Morgan fingerprint density at radius 1 is 0.679 bits per heavy atom. The minimum atomic E-state index is 0.878. The van der Waals surface area contributed by atoms with Gasteiger partial charge in [-0.2, -0.15) is 0 Å². The Labute approximate surface area is 168 Å². The number of ether oxygens (including phenoxy) is 1. The molecule has 3 aromatic carbocycles. The molecule has 1 aliphatic heterocycles. The van der Waals surface area contributed by atoms with E-state index in [1.807, 2.05) is 0 Å². The average Bonchev–Trinajstić information content (AvgIpc) is 2.77. The molecule has 0 N–H and O–H groups in total. The summed E-state index contributed by atoms with van der Waals surface area (Å²) in [4.78, 5) is 4.81. The third-order valence-electron chi connectivity index (χ3n) is 5.27. The maximum absolute atomic E-state index is 5.43. The van der Waals surface area contributed by atoms with Crippen molar-refractivity contribution in [1.29, 1.82) is 0 Å². The summed E-state index contributed by atoms with van der Waals surface area (Å²) >= 11 is 0. The fourth-order valence-corrected chi connectivity index (χ4v) is 3.74. The predicted molar refractivity (Wildman–Crippen MR) is 117 cm³/mol. The minimum Gasteiger partial charge on any atom is -0.379 e. The summed E-state index contributed by atoms with van der Waals surface area (Å²) in [5, 5.41) is 0. The zero-order chi connectivity index (χ0) is 19.0. The van der Waals surface area contributed by atoms with E-state index in [1.54, 1.807) is 0 Å². The molecule has 1 aliphatic rings. The van der Waals surface area contributed by atoms with Gasteiger partial charge in [0.2, 0.25) is 0 Å². The lowest BCUT2D eigenvalue weighted by Crippen LogP contribution is -2.36. The molecular formula is C25H28N2O. The number of nitrogens with zero attached hydrogens (tertiary/aromatic N) is 2. The maximum atomic E-state index is 5.43. The number of anilines is 3. The van der Waals surface area contributed by atoms with Gasteiger partial charge in [0.25, 0.3) is 0 Å². The highest BCUT2D eigenvalue weighted by Crippen LogP contribution is 2.34. The molecular weight excluding hydrogens is 344 g/mol. The maximum Gasteiger partial charge on any atom is 0.0594 e. The van der Waals surface area contributed by atoms with E-state index in [1.165, 1.54) is 29.0 Å². The van der Waals surface area contributed by atoms with Gasteiger partial charge < -0.3 is 9.64 Å². The molecule has 144 valence electrons. The van der Waals surface area contributed by atoms with Crippen molar-refractivity contribution >= 4 is 17.1 Å². The van der Waals surface area contributed by atoms with Crippen LogP contribution in [0.25, 0.3) is 0 Å². The van der Waals surface area contributed by atoms with Gasteiger partial charge in [0.1, 0.15) is 0 Å². The van der Waals surface area contributed by atoms with E-state index in [2.05, 4.69) is 94.7 Å². The van der Waals surface area contributed by atoms with Gasteiger partial charge >= 0.3 is 0 Å². The van der Waals surface area contributed by atoms with Gasteiger partial charge in [-0.25, -0.2) is 0 Å². The third kappa shape index (κ3) is 4.80. The van der Waals surface area contributed by atoms with E-state index in [-0.39, 0.29) is 0 Å². The summed E-state index contributed by atoms with van der Waals surface area (Å²) in [6, 6.07) is 30.1. The van der Waals surface area contributed by atoms with Gasteiger partial charge in [0.15, 0.2) is 0 Å². The standard InChI is InChI=1S/C25H28N2O/c1-3-9-23(10-4-1)27(24-11-5-2-6-12-24)25-15-13-22(14-16-25)8-7-17-26-18-20-28-21-19-26/h1-6,9-16H,7-8,17-21H2. The molecule has 4 rings (SSSR count). The summed E-state index contributed by atoms with van der Waals surface area (Å²) in [5.74, 6) is 0. The second-order valence-electron chi connectivity index (χ2n) is 7.23. The molecule has 3 heteroatoms. The smallest absolute Gasteiger partial charge is 0.0594 e. The van der Waals surface area contributed by atoms with Gasteiger partial charge in [0, 0.05) is 30.2 Å². The fraction of sp³-hybridized carbons (Fsp3) is 0.280. The molecule has 0 aromatic heterocycles. The molecule has 0 atom stereocenters. The lowest BCUT2D eigenvalue weighted by Gasteiger charge is -2.26. The van der Waals surface area contributed by atoms with E-state index in [0.29, 0.717) is 0 Å². The summed E-state index contributed by atoms with van der Waals surface area (Å²) in [6.07, 6.45) is 2.31. The summed E-state index contributed by atoms with van der Waals surface area (Å²) in [7, 11) is 0. The quantitative estimate of drug-likeness (QED) is 0.551. The molecule has 1 fully saturated rings. The molecule has 3 aromatic rings. The van der Waals surface area contributed by atoms with Crippen molar-refractivity contribution < 1.29 is 4.74 Å². The average molecular weight is 373 g/mol. The minimum absolute atomic E-state index is 0.878. The van der Waals surface area contributed by atoms with E-state index < -0.39 is 0 Å². The number of hydrogen-bond donors (Lipinski definition) is 0. The summed E-state index contributed by atoms with van der Waals surface area (Å²) in [6.45, 7) is 5.06. The van der Waals surface area contributed by atoms with Crippen molar-refractivity contribution in [2.24, 2.45) is 0 Å². The molecule has 0 aliphatic carbocycles. The van der Waals surface area contributed by atoms with Crippen LogP contribution in [0.15, 0.2) is 84.9 Å². The fourth-order valence-electron chi connectivity index (χ4n) is 3.74. The monoisotopic (exact) mass is 372 g/mol. The van der Waals surface area contributed by atoms with E-state index in [0.717, 1.165) is 39.3 Å². The molecule has 0 spiro atoms.